The van der Waals surface area contributed by atoms with Crippen LogP contribution in [-0.2, 0) is 0 Å². The third kappa shape index (κ3) is 2.12. The molecule has 3 heteroatoms. The molecular weight excluding hydrogens is 164 g/mol. The number of aromatic hydroxyl groups is 1. The van der Waals surface area contributed by atoms with Gasteiger partial charge in [0.2, 0.25) is 0 Å². The summed E-state index contributed by atoms with van der Waals surface area (Å²) in [4.78, 5) is 0. The second kappa shape index (κ2) is 3.66. The molecule has 1 unspecified atom stereocenters. The number of nitrogen functional groups attached to an aromatic ring is 1. The molecule has 72 valence electrons. The highest BCUT2D eigenvalue weighted by Crippen LogP contribution is 2.27. The van der Waals surface area contributed by atoms with Crippen LogP contribution in [0.4, 0.5) is 5.69 Å². The molecule has 0 aromatic heterocycles. The summed E-state index contributed by atoms with van der Waals surface area (Å²) in [5.41, 5.74) is 13.1. The van der Waals surface area contributed by atoms with Crippen LogP contribution in [-0.4, -0.2) is 5.11 Å². The van der Waals surface area contributed by atoms with Crippen LogP contribution in [0.3, 0.4) is 0 Å². The molecule has 0 aliphatic rings. The molecule has 1 rings (SSSR count). The van der Waals surface area contributed by atoms with Crippen molar-refractivity contribution >= 4 is 5.69 Å². The molecule has 0 saturated carbocycles. The molecule has 1 aromatic rings. The smallest absolute Gasteiger partial charge is 0.117 e. The molecule has 3 nitrogen and oxygen atoms in total. The number of benzene rings is 1. The van der Waals surface area contributed by atoms with E-state index in [0.29, 0.717) is 11.6 Å². The largest absolute Gasteiger partial charge is 0.508 e. The minimum atomic E-state index is -0.0689. The fourth-order valence-electron chi connectivity index (χ4n) is 1.22. The van der Waals surface area contributed by atoms with Gasteiger partial charge in [-0.1, -0.05) is 19.9 Å². The normalized spacial score (nSPS) is 13.2. The van der Waals surface area contributed by atoms with E-state index in [4.69, 9.17) is 16.6 Å². The SMILES string of the molecule is CC(C)C(N)c1ccc(O)cc1N. The Morgan fingerprint density at radius 1 is 1.31 bits per heavy atom. The van der Waals surface area contributed by atoms with Crippen molar-refractivity contribution in [1.29, 1.82) is 0 Å². The van der Waals surface area contributed by atoms with Gasteiger partial charge in [-0.15, -0.1) is 0 Å². The van der Waals surface area contributed by atoms with E-state index in [9.17, 15) is 0 Å². The number of nitrogens with two attached hydrogens (primary N) is 2. The maximum atomic E-state index is 9.14. The summed E-state index contributed by atoms with van der Waals surface area (Å²) in [6.45, 7) is 4.08. The zero-order chi connectivity index (χ0) is 10.0. The standard InChI is InChI=1S/C10H16N2O/c1-6(2)10(12)8-4-3-7(13)5-9(8)11/h3-6,10,13H,11-12H2,1-2H3. The van der Waals surface area contributed by atoms with Crippen LogP contribution in [0, 0.1) is 5.92 Å². The first-order valence-electron chi connectivity index (χ1n) is 4.36. The van der Waals surface area contributed by atoms with Crippen LogP contribution < -0.4 is 11.5 Å². The lowest BCUT2D eigenvalue weighted by Gasteiger charge is -2.17. The third-order valence-electron chi connectivity index (χ3n) is 2.15. The predicted molar refractivity (Wildman–Crippen MR) is 54.3 cm³/mol. The second-order valence-electron chi connectivity index (χ2n) is 3.58. The molecule has 0 heterocycles. The molecule has 13 heavy (non-hydrogen) atoms. The van der Waals surface area contributed by atoms with Gasteiger partial charge in [-0.25, -0.2) is 0 Å². The third-order valence-corrected chi connectivity index (χ3v) is 2.15. The number of rotatable bonds is 2. The Balaban J connectivity index is 3.01. The van der Waals surface area contributed by atoms with Gasteiger partial charge in [0.05, 0.1) is 0 Å². The Labute approximate surface area is 78.4 Å². The summed E-state index contributed by atoms with van der Waals surface area (Å²) in [7, 11) is 0. The summed E-state index contributed by atoms with van der Waals surface area (Å²) in [5.74, 6) is 0.518. The lowest BCUT2D eigenvalue weighted by molar-refractivity contribution is 0.473. The van der Waals surface area contributed by atoms with Gasteiger partial charge >= 0.3 is 0 Å². The molecule has 5 N–H and O–H groups in total. The van der Waals surface area contributed by atoms with Crippen molar-refractivity contribution < 1.29 is 5.11 Å². The molecule has 1 atom stereocenters. The molecule has 0 saturated heterocycles. The van der Waals surface area contributed by atoms with Crippen LogP contribution in [0.15, 0.2) is 18.2 Å². The summed E-state index contributed by atoms with van der Waals surface area (Å²) in [6.07, 6.45) is 0. The van der Waals surface area contributed by atoms with Crippen LogP contribution in [0.25, 0.3) is 0 Å². The van der Waals surface area contributed by atoms with Gasteiger partial charge < -0.3 is 16.6 Å². The van der Waals surface area contributed by atoms with Gasteiger partial charge in [-0.2, -0.15) is 0 Å². The quantitative estimate of drug-likeness (QED) is 0.606. The van der Waals surface area contributed by atoms with Gasteiger partial charge in [0.25, 0.3) is 0 Å². The summed E-state index contributed by atoms with van der Waals surface area (Å²) >= 11 is 0. The lowest BCUT2D eigenvalue weighted by Crippen LogP contribution is -2.18. The van der Waals surface area contributed by atoms with E-state index >= 15 is 0 Å². The summed E-state index contributed by atoms with van der Waals surface area (Å²) in [5, 5.41) is 9.14. The van der Waals surface area contributed by atoms with E-state index in [1.54, 1.807) is 12.1 Å². The molecular formula is C10H16N2O. The molecule has 0 fully saturated rings. The van der Waals surface area contributed by atoms with E-state index in [1.807, 2.05) is 13.8 Å². The summed E-state index contributed by atoms with van der Waals surface area (Å²) in [6, 6.07) is 4.83. The molecule has 0 amide bonds. The zero-order valence-corrected chi connectivity index (χ0v) is 7.99. The Kier molecular flexibility index (Phi) is 2.78. The highest BCUT2D eigenvalue weighted by molar-refractivity contribution is 5.52. The molecule has 1 aromatic carbocycles. The first kappa shape index (κ1) is 9.86. The van der Waals surface area contributed by atoms with Crippen molar-refractivity contribution in [3.05, 3.63) is 23.8 Å². The first-order valence-corrected chi connectivity index (χ1v) is 4.36. The number of phenols is 1. The van der Waals surface area contributed by atoms with Gasteiger partial charge in [-0.05, 0) is 17.5 Å². The van der Waals surface area contributed by atoms with Crippen LogP contribution in [0.5, 0.6) is 5.75 Å². The highest BCUT2D eigenvalue weighted by Gasteiger charge is 2.13. The molecule has 0 radical (unpaired) electrons. The minimum Gasteiger partial charge on any atom is -0.508 e. The van der Waals surface area contributed by atoms with E-state index in [1.165, 1.54) is 6.07 Å². The predicted octanol–water partition coefficient (Wildman–Crippen LogP) is 1.63. The second-order valence-corrected chi connectivity index (χ2v) is 3.58. The van der Waals surface area contributed by atoms with Crippen LogP contribution >= 0.6 is 0 Å². The van der Waals surface area contributed by atoms with Crippen molar-refractivity contribution in [3.63, 3.8) is 0 Å². The van der Waals surface area contributed by atoms with Gasteiger partial charge in [0.1, 0.15) is 5.75 Å². The van der Waals surface area contributed by atoms with E-state index < -0.39 is 0 Å². The maximum Gasteiger partial charge on any atom is 0.117 e. The number of hydrogen-bond donors (Lipinski definition) is 3. The maximum absolute atomic E-state index is 9.14. The first-order chi connectivity index (χ1) is 6.02. The lowest BCUT2D eigenvalue weighted by atomic mass is 9.96. The molecule has 0 spiro atoms. The van der Waals surface area contributed by atoms with Crippen LogP contribution in [0.1, 0.15) is 25.5 Å². The number of anilines is 1. The van der Waals surface area contributed by atoms with Crippen molar-refractivity contribution in [3.8, 4) is 5.75 Å². The molecule has 0 aliphatic carbocycles. The number of phenolic OH excluding ortho intramolecular Hbond substituents is 1. The van der Waals surface area contributed by atoms with Crippen molar-refractivity contribution in [2.75, 3.05) is 5.73 Å². The van der Waals surface area contributed by atoms with E-state index in [-0.39, 0.29) is 11.8 Å². The molecule has 0 aliphatic heterocycles. The molecule has 0 bridgehead atoms. The van der Waals surface area contributed by atoms with Gasteiger partial charge in [0, 0.05) is 17.8 Å². The van der Waals surface area contributed by atoms with Gasteiger partial charge in [-0.3, -0.25) is 0 Å². The minimum absolute atomic E-state index is 0.0689. The summed E-state index contributed by atoms with van der Waals surface area (Å²) < 4.78 is 0. The Hall–Kier alpha value is -1.22. The van der Waals surface area contributed by atoms with Crippen LogP contribution in [0.2, 0.25) is 0 Å². The van der Waals surface area contributed by atoms with E-state index in [0.717, 1.165) is 5.56 Å². The fraction of sp³-hybridized carbons (Fsp3) is 0.400. The Bertz CT molecular complexity index is 297. The highest BCUT2D eigenvalue weighted by atomic mass is 16.3. The average molecular weight is 180 g/mol. The van der Waals surface area contributed by atoms with Crippen molar-refractivity contribution in [2.24, 2.45) is 11.7 Å². The van der Waals surface area contributed by atoms with Crippen molar-refractivity contribution in [2.45, 2.75) is 19.9 Å². The average Bonchev–Trinajstić information content (AvgIpc) is 2.03. The number of hydrogen-bond acceptors (Lipinski definition) is 3. The Morgan fingerprint density at radius 2 is 1.92 bits per heavy atom. The van der Waals surface area contributed by atoms with Gasteiger partial charge in [0.15, 0.2) is 0 Å². The van der Waals surface area contributed by atoms with Crippen molar-refractivity contribution in [1.82, 2.24) is 0 Å². The Morgan fingerprint density at radius 3 is 2.38 bits per heavy atom. The fourth-order valence-corrected chi connectivity index (χ4v) is 1.22. The topological polar surface area (TPSA) is 72.3 Å². The zero-order valence-electron chi connectivity index (χ0n) is 7.99. The monoisotopic (exact) mass is 180 g/mol. The van der Waals surface area contributed by atoms with E-state index in [2.05, 4.69) is 0 Å².